The maximum atomic E-state index is 14.7. The number of methoxy groups -OCH3 is 2. The largest absolute Gasteiger partial charge is 0.497 e. The zero-order valence-corrected chi connectivity index (χ0v) is 29.4. The van der Waals surface area contributed by atoms with Gasteiger partial charge >= 0.3 is 0 Å². The summed E-state index contributed by atoms with van der Waals surface area (Å²) >= 11 is 6.46. The van der Waals surface area contributed by atoms with Crippen molar-refractivity contribution in [1.29, 1.82) is 0 Å². The summed E-state index contributed by atoms with van der Waals surface area (Å²) < 4.78 is 40.3. The van der Waals surface area contributed by atoms with Gasteiger partial charge in [0, 0.05) is 19.5 Å². The van der Waals surface area contributed by atoms with E-state index in [1.165, 1.54) is 36.3 Å². The number of rotatable bonds is 15. The van der Waals surface area contributed by atoms with Gasteiger partial charge in [-0.1, -0.05) is 85.6 Å². The molecule has 0 saturated heterocycles. The van der Waals surface area contributed by atoms with Gasteiger partial charge in [-0.3, -0.25) is 13.9 Å². The summed E-state index contributed by atoms with van der Waals surface area (Å²) in [7, 11) is -1.27. The van der Waals surface area contributed by atoms with E-state index in [2.05, 4.69) is 5.32 Å². The molecular weight excluding hydrogens is 650 g/mol. The average molecular weight is 692 g/mol. The highest BCUT2D eigenvalue weighted by Gasteiger charge is 2.35. The summed E-state index contributed by atoms with van der Waals surface area (Å²) in [5.41, 5.74) is 2.60. The van der Waals surface area contributed by atoms with Crippen molar-refractivity contribution in [3.63, 3.8) is 0 Å². The molecule has 0 fully saturated rings. The number of carbonyl (C=O) groups excluding carboxylic acids is 2. The minimum Gasteiger partial charge on any atom is -0.497 e. The molecule has 0 radical (unpaired) electrons. The Morgan fingerprint density at radius 1 is 0.854 bits per heavy atom. The van der Waals surface area contributed by atoms with Gasteiger partial charge in [0.2, 0.25) is 11.8 Å². The molecule has 0 aliphatic heterocycles. The van der Waals surface area contributed by atoms with Crippen molar-refractivity contribution in [3.8, 4) is 11.5 Å². The molecule has 0 saturated carbocycles. The number of halogens is 1. The van der Waals surface area contributed by atoms with Crippen LogP contribution in [0.3, 0.4) is 0 Å². The molecule has 0 unspecified atom stereocenters. The predicted molar refractivity (Wildman–Crippen MR) is 189 cm³/mol. The molecule has 0 heterocycles. The van der Waals surface area contributed by atoms with E-state index in [1.807, 2.05) is 57.2 Å². The molecule has 4 rings (SSSR count). The molecule has 1 N–H and O–H groups in total. The van der Waals surface area contributed by atoms with E-state index in [0.29, 0.717) is 23.6 Å². The Bertz CT molecular complexity index is 1800. The SMILES string of the molecule is COc1cccc(CN(C(=O)CN(c2ccc(OC)c(Cl)c2)S(=O)(=O)c2ccc(C)cc2)[C@@H](Cc2ccccc2)C(=O)NCC(C)C)c1. The Morgan fingerprint density at radius 3 is 2.17 bits per heavy atom. The van der Waals surface area contributed by atoms with Crippen LogP contribution >= 0.6 is 11.6 Å². The fourth-order valence-electron chi connectivity index (χ4n) is 5.12. The van der Waals surface area contributed by atoms with Crippen LogP contribution in [0.4, 0.5) is 5.69 Å². The van der Waals surface area contributed by atoms with Crippen LogP contribution in [0.5, 0.6) is 11.5 Å². The topological polar surface area (TPSA) is 105 Å². The Morgan fingerprint density at radius 2 is 1.54 bits per heavy atom. The van der Waals surface area contributed by atoms with E-state index in [1.54, 1.807) is 43.5 Å². The van der Waals surface area contributed by atoms with Crippen molar-refractivity contribution in [2.75, 3.05) is 31.6 Å². The number of ether oxygens (including phenoxy) is 2. The normalized spacial score (nSPS) is 11.9. The molecule has 0 aromatic heterocycles. The molecule has 4 aromatic carbocycles. The van der Waals surface area contributed by atoms with Crippen molar-refractivity contribution in [2.24, 2.45) is 5.92 Å². The van der Waals surface area contributed by atoms with Gasteiger partial charge in [-0.2, -0.15) is 0 Å². The number of nitrogens with zero attached hydrogens (tertiary/aromatic N) is 2. The third-order valence-corrected chi connectivity index (χ3v) is 9.84. The van der Waals surface area contributed by atoms with Crippen LogP contribution in [0.1, 0.15) is 30.5 Å². The highest BCUT2D eigenvalue weighted by atomic mass is 35.5. The van der Waals surface area contributed by atoms with Crippen LogP contribution in [-0.4, -0.2) is 58.5 Å². The predicted octanol–water partition coefficient (Wildman–Crippen LogP) is 6.27. The van der Waals surface area contributed by atoms with Gasteiger partial charge in [0.25, 0.3) is 10.0 Å². The molecule has 9 nitrogen and oxygen atoms in total. The monoisotopic (exact) mass is 691 g/mol. The molecular formula is C37H42ClN3O6S. The van der Waals surface area contributed by atoms with Crippen LogP contribution < -0.4 is 19.1 Å². The third-order valence-electron chi connectivity index (χ3n) is 7.75. The van der Waals surface area contributed by atoms with Gasteiger partial charge in [-0.15, -0.1) is 0 Å². The Kier molecular flexibility index (Phi) is 12.5. The van der Waals surface area contributed by atoms with Crippen LogP contribution in [0, 0.1) is 12.8 Å². The molecule has 0 aliphatic carbocycles. The summed E-state index contributed by atoms with van der Waals surface area (Å²) in [5.74, 6) is 0.179. The molecule has 0 spiro atoms. The molecule has 48 heavy (non-hydrogen) atoms. The second-order valence-corrected chi connectivity index (χ2v) is 14.1. The summed E-state index contributed by atoms with van der Waals surface area (Å²) in [4.78, 5) is 30.0. The summed E-state index contributed by atoms with van der Waals surface area (Å²) in [6, 6.07) is 26.6. The minimum absolute atomic E-state index is 0.00250. The number of hydrogen-bond donors (Lipinski definition) is 1. The van der Waals surface area contributed by atoms with Crippen LogP contribution in [-0.2, 0) is 32.6 Å². The van der Waals surface area contributed by atoms with Crippen LogP contribution in [0.15, 0.2) is 102 Å². The number of aryl methyl sites for hydroxylation is 1. The van der Waals surface area contributed by atoms with Crippen molar-refractivity contribution in [1.82, 2.24) is 10.2 Å². The zero-order chi connectivity index (χ0) is 34.8. The van der Waals surface area contributed by atoms with E-state index in [-0.39, 0.29) is 40.4 Å². The standard InChI is InChI=1S/C37H42ClN3O6S/c1-26(2)23-39-37(43)34(21-28-10-7-6-8-11-28)40(24-29-12-9-13-31(20-29)46-4)36(42)25-41(30-16-19-35(47-5)33(38)22-30)48(44,45)32-17-14-27(3)15-18-32/h6-20,22,26,34H,21,23-25H2,1-5H3,(H,39,43)/t34-/m0/s1. The Hall–Kier alpha value is -4.54. The van der Waals surface area contributed by atoms with Crippen molar-refractivity contribution >= 4 is 39.1 Å². The maximum absolute atomic E-state index is 14.7. The lowest BCUT2D eigenvalue weighted by Crippen LogP contribution is -2.53. The maximum Gasteiger partial charge on any atom is 0.264 e. The number of carbonyl (C=O) groups is 2. The lowest BCUT2D eigenvalue weighted by atomic mass is 10.0. The highest BCUT2D eigenvalue weighted by molar-refractivity contribution is 7.92. The fourth-order valence-corrected chi connectivity index (χ4v) is 6.78. The van der Waals surface area contributed by atoms with Crippen molar-refractivity contribution < 1.29 is 27.5 Å². The van der Waals surface area contributed by atoms with E-state index in [9.17, 15) is 18.0 Å². The lowest BCUT2D eigenvalue weighted by Gasteiger charge is -2.34. The van der Waals surface area contributed by atoms with Gasteiger partial charge in [-0.05, 0) is 66.4 Å². The van der Waals surface area contributed by atoms with Gasteiger partial charge in [-0.25, -0.2) is 8.42 Å². The smallest absolute Gasteiger partial charge is 0.264 e. The Balaban J connectivity index is 1.83. The average Bonchev–Trinajstić information content (AvgIpc) is 3.08. The quantitative estimate of drug-likeness (QED) is 0.158. The highest BCUT2D eigenvalue weighted by Crippen LogP contribution is 2.32. The van der Waals surface area contributed by atoms with Crippen LogP contribution in [0.25, 0.3) is 0 Å². The Labute approximate surface area is 288 Å². The van der Waals surface area contributed by atoms with Gasteiger partial charge in [0.15, 0.2) is 0 Å². The third kappa shape index (κ3) is 9.29. The van der Waals surface area contributed by atoms with Gasteiger partial charge in [0.05, 0.1) is 29.8 Å². The molecule has 11 heteroatoms. The lowest BCUT2D eigenvalue weighted by molar-refractivity contribution is -0.140. The number of nitrogens with one attached hydrogen (secondary N) is 1. The second-order valence-electron chi connectivity index (χ2n) is 11.9. The molecule has 2 amide bonds. The van der Waals surface area contributed by atoms with Gasteiger partial charge < -0.3 is 19.7 Å². The fraction of sp³-hybridized carbons (Fsp3) is 0.297. The van der Waals surface area contributed by atoms with E-state index in [4.69, 9.17) is 21.1 Å². The minimum atomic E-state index is -4.28. The van der Waals surface area contributed by atoms with Crippen molar-refractivity contribution in [2.45, 2.75) is 44.7 Å². The zero-order valence-electron chi connectivity index (χ0n) is 27.9. The van der Waals surface area contributed by atoms with E-state index in [0.717, 1.165) is 15.4 Å². The number of benzene rings is 4. The first kappa shape index (κ1) is 36.3. The first-order valence-corrected chi connectivity index (χ1v) is 17.4. The van der Waals surface area contributed by atoms with E-state index < -0.39 is 28.5 Å². The van der Waals surface area contributed by atoms with Gasteiger partial charge in [0.1, 0.15) is 24.1 Å². The first-order valence-electron chi connectivity index (χ1n) is 15.6. The first-order chi connectivity index (χ1) is 22.9. The molecule has 0 aliphatic rings. The van der Waals surface area contributed by atoms with E-state index >= 15 is 0 Å². The number of hydrogen-bond acceptors (Lipinski definition) is 6. The summed E-state index contributed by atoms with van der Waals surface area (Å²) in [6.07, 6.45) is 0.208. The van der Waals surface area contributed by atoms with Crippen molar-refractivity contribution in [3.05, 3.63) is 119 Å². The van der Waals surface area contributed by atoms with Crippen LogP contribution in [0.2, 0.25) is 5.02 Å². The summed E-state index contributed by atoms with van der Waals surface area (Å²) in [5, 5.41) is 3.17. The number of anilines is 1. The molecule has 4 aromatic rings. The number of sulfonamides is 1. The second kappa shape index (κ2) is 16.5. The number of amides is 2. The molecule has 0 bridgehead atoms. The molecule has 254 valence electrons. The molecule has 1 atom stereocenters. The summed E-state index contributed by atoms with van der Waals surface area (Å²) in [6.45, 7) is 5.65.